The van der Waals surface area contributed by atoms with E-state index in [4.69, 9.17) is 0 Å². The maximum atomic E-state index is 2.53. The Kier molecular flexibility index (Phi) is 18.3. The van der Waals surface area contributed by atoms with Crippen molar-refractivity contribution >= 4 is 22.6 Å². The van der Waals surface area contributed by atoms with Gasteiger partial charge in [0.2, 0.25) is 0 Å². The van der Waals surface area contributed by atoms with E-state index in [0.717, 1.165) is 0 Å². The van der Waals surface area contributed by atoms with Crippen LogP contribution in [-0.4, -0.2) is 0 Å². The number of halogens is 1. The second kappa shape index (κ2) is 22.0. The summed E-state index contributed by atoms with van der Waals surface area (Å²) >= 11 is 2.53. The Balaban J connectivity index is 1.78. The second-order valence-corrected chi connectivity index (χ2v) is 14.3. The number of rotatable bonds is 23. The fourth-order valence-corrected chi connectivity index (χ4v) is 7.10. The SMILES string of the molecule is CCCCCCCCc1cccc(-c2cc(CCCCCCCC)cc(-c3cc(I)cc(CCCCCCCC)c3)c2)c1. The van der Waals surface area contributed by atoms with Crippen LogP contribution in [0, 0.1) is 3.57 Å². The lowest BCUT2D eigenvalue weighted by atomic mass is 9.92. The lowest BCUT2D eigenvalue weighted by Gasteiger charge is -2.14. The molecule has 0 aliphatic carbocycles. The van der Waals surface area contributed by atoms with Crippen molar-refractivity contribution in [1.29, 1.82) is 0 Å². The minimum absolute atomic E-state index is 1.18. The number of aryl methyl sites for hydroxylation is 3. The molecular formula is C42H61I. The van der Waals surface area contributed by atoms with Gasteiger partial charge in [0.15, 0.2) is 0 Å². The Morgan fingerprint density at radius 3 is 1.30 bits per heavy atom. The molecule has 3 aromatic carbocycles. The Bertz CT molecular complexity index is 1160. The number of unbranched alkanes of at least 4 members (excludes halogenated alkanes) is 15. The van der Waals surface area contributed by atoms with Crippen LogP contribution in [0.1, 0.15) is 153 Å². The van der Waals surface area contributed by atoms with E-state index in [0.29, 0.717) is 0 Å². The van der Waals surface area contributed by atoms with Gasteiger partial charge in [0.25, 0.3) is 0 Å². The quantitative estimate of drug-likeness (QED) is 0.0685. The first-order valence-corrected chi connectivity index (χ1v) is 19.2. The molecule has 0 heterocycles. The average molecular weight is 693 g/mol. The fraction of sp³-hybridized carbons (Fsp3) is 0.571. The van der Waals surface area contributed by atoms with Crippen LogP contribution in [0.25, 0.3) is 22.3 Å². The topological polar surface area (TPSA) is 0 Å². The highest BCUT2D eigenvalue weighted by Crippen LogP contribution is 2.32. The van der Waals surface area contributed by atoms with Crippen LogP contribution >= 0.6 is 22.6 Å². The van der Waals surface area contributed by atoms with Gasteiger partial charge in [-0.1, -0.05) is 160 Å². The maximum Gasteiger partial charge on any atom is 0.0139 e. The molecule has 3 aromatic rings. The fourth-order valence-electron chi connectivity index (χ4n) is 6.37. The molecule has 236 valence electrons. The second-order valence-electron chi connectivity index (χ2n) is 13.0. The molecule has 0 aliphatic heterocycles. The van der Waals surface area contributed by atoms with Crippen molar-refractivity contribution in [2.45, 2.75) is 156 Å². The van der Waals surface area contributed by atoms with Gasteiger partial charge in [-0.25, -0.2) is 0 Å². The Hall–Kier alpha value is -1.61. The standard InChI is InChI=1S/C42H61I/c1-4-7-10-13-16-19-23-35-26-22-27-38(28-35)39-29-36(24-20-17-14-11-8-5-2)30-40(33-39)41-31-37(32-42(43)34-41)25-21-18-15-12-9-6-3/h22,26-34H,4-21,23-25H2,1-3H3. The molecule has 0 aromatic heterocycles. The van der Waals surface area contributed by atoms with Gasteiger partial charge >= 0.3 is 0 Å². The Labute approximate surface area is 280 Å². The normalized spacial score (nSPS) is 11.3. The van der Waals surface area contributed by atoms with E-state index in [2.05, 4.69) is 104 Å². The highest BCUT2D eigenvalue weighted by Gasteiger charge is 2.09. The molecule has 0 atom stereocenters. The van der Waals surface area contributed by atoms with Gasteiger partial charge < -0.3 is 0 Å². The zero-order chi connectivity index (χ0) is 30.5. The van der Waals surface area contributed by atoms with E-state index in [9.17, 15) is 0 Å². The van der Waals surface area contributed by atoms with Crippen molar-refractivity contribution in [2.24, 2.45) is 0 Å². The van der Waals surface area contributed by atoms with Gasteiger partial charge in [0, 0.05) is 3.57 Å². The molecule has 43 heavy (non-hydrogen) atoms. The van der Waals surface area contributed by atoms with Gasteiger partial charge in [-0.05, 0) is 118 Å². The summed E-state index contributed by atoms with van der Waals surface area (Å²) in [6.07, 6.45) is 27.9. The first-order chi connectivity index (χ1) is 21.1. The van der Waals surface area contributed by atoms with Gasteiger partial charge in [-0.15, -0.1) is 0 Å². The van der Waals surface area contributed by atoms with E-state index < -0.39 is 0 Å². The van der Waals surface area contributed by atoms with E-state index in [1.165, 1.54) is 177 Å². The predicted octanol–water partition coefficient (Wildman–Crippen LogP) is 14.3. The number of hydrogen-bond acceptors (Lipinski definition) is 0. The van der Waals surface area contributed by atoms with E-state index in [1.807, 2.05) is 0 Å². The third kappa shape index (κ3) is 14.4. The summed E-state index contributed by atoms with van der Waals surface area (Å²) in [4.78, 5) is 0. The third-order valence-electron chi connectivity index (χ3n) is 9.00. The van der Waals surface area contributed by atoms with Crippen molar-refractivity contribution in [3.63, 3.8) is 0 Å². The Morgan fingerprint density at radius 2 is 0.767 bits per heavy atom. The highest BCUT2D eigenvalue weighted by molar-refractivity contribution is 14.1. The van der Waals surface area contributed by atoms with Gasteiger partial charge in [0.05, 0.1) is 0 Å². The smallest absolute Gasteiger partial charge is 0.0139 e. The van der Waals surface area contributed by atoms with Gasteiger partial charge in [0.1, 0.15) is 0 Å². The summed E-state index contributed by atoms with van der Waals surface area (Å²) in [5.74, 6) is 0. The molecule has 0 spiro atoms. The molecule has 0 nitrogen and oxygen atoms in total. The zero-order valence-electron chi connectivity index (χ0n) is 28.0. The van der Waals surface area contributed by atoms with E-state index >= 15 is 0 Å². The van der Waals surface area contributed by atoms with Crippen LogP contribution in [0.3, 0.4) is 0 Å². The van der Waals surface area contributed by atoms with Crippen LogP contribution in [0.5, 0.6) is 0 Å². The van der Waals surface area contributed by atoms with Crippen LogP contribution in [-0.2, 0) is 19.3 Å². The third-order valence-corrected chi connectivity index (χ3v) is 9.62. The van der Waals surface area contributed by atoms with Crippen molar-refractivity contribution in [2.75, 3.05) is 0 Å². The van der Waals surface area contributed by atoms with Crippen molar-refractivity contribution in [1.82, 2.24) is 0 Å². The average Bonchev–Trinajstić information content (AvgIpc) is 3.02. The maximum absolute atomic E-state index is 2.53. The lowest BCUT2D eigenvalue weighted by molar-refractivity contribution is 0.607. The van der Waals surface area contributed by atoms with E-state index in [1.54, 1.807) is 0 Å². The summed E-state index contributed by atoms with van der Waals surface area (Å²) in [5.41, 5.74) is 10.0. The molecular weight excluding hydrogens is 631 g/mol. The van der Waals surface area contributed by atoms with Crippen LogP contribution in [0.4, 0.5) is 0 Å². The van der Waals surface area contributed by atoms with Crippen molar-refractivity contribution < 1.29 is 0 Å². The van der Waals surface area contributed by atoms with Crippen LogP contribution < -0.4 is 0 Å². The Morgan fingerprint density at radius 1 is 0.372 bits per heavy atom. The molecule has 0 saturated heterocycles. The molecule has 0 saturated carbocycles. The largest absolute Gasteiger partial charge is 0.0654 e. The van der Waals surface area contributed by atoms with Crippen molar-refractivity contribution in [3.8, 4) is 22.3 Å². The molecule has 0 aliphatic rings. The number of benzene rings is 3. The molecule has 0 N–H and O–H groups in total. The van der Waals surface area contributed by atoms with Crippen LogP contribution in [0.15, 0.2) is 60.7 Å². The molecule has 0 amide bonds. The van der Waals surface area contributed by atoms with Crippen molar-refractivity contribution in [3.05, 3.63) is 80.9 Å². The molecule has 0 radical (unpaired) electrons. The monoisotopic (exact) mass is 692 g/mol. The van der Waals surface area contributed by atoms with Crippen LogP contribution in [0.2, 0.25) is 0 Å². The first kappa shape index (κ1) is 35.9. The molecule has 1 heteroatoms. The summed E-state index contributed by atoms with van der Waals surface area (Å²) in [6, 6.07) is 24.2. The summed E-state index contributed by atoms with van der Waals surface area (Å²) in [5, 5.41) is 0. The number of hydrogen-bond donors (Lipinski definition) is 0. The lowest BCUT2D eigenvalue weighted by Crippen LogP contribution is -1.94. The molecule has 0 unspecified atom stereocenters. The minimum Gasteiger partial charge on any atom is -0.0654 e. The molecule has 0 bridgehead atoms. The van der Waals surface area contributed by atoms with E-state index in [-0.39, 0.29) is 0 Å². The minimum atomic E-state index is 1.18. The predicted molar refractivity (Wildman–Crippen MR) is 201 cm³/mol. The molecule has 0 fully saturated rings. The summed E-state index contributed by atoms with van der Waals surface area (Å²) in [7, 11) is 0. The summed E-state index contributed by atoms with van der Waals surface area (Å²) in [6.45, 7) is 6.90. The zero-order valence-corrected chi connectivity index (χ0v) is 30.2. The highest BCUT2D eigenvalue weighted by atomic mass is 127. The molecule has 3 rings (SSSR count). The van der Waals surface area contributed by atoms with Gasteiger partial charge in [-0.2, -0.15) is 0 Å². The van der Waals surface area contributed by atoms with Gasteiger partial charge in [-0.3, -0.25) is 0 Å². The summed E-state index contributed by atoms with van der Waals surface area (Å²) < 4.78 is 1.36. The first-order valence-electron chi connectivity index (χ1n) is 18.2.